The number of amides is 1. The number of halogens is 1. The molecule has 0 saturated carbocycles. The number of rotatable bonds is 5. The van der Waals surface area contributed by atoms with Gasteiger partial charge in [0.2, 0.25) is 0 Å². The molecule has 1 N–H and O–H groups in total. The van der Waals surface area contributed by atoms with Gasteiger partial charge < -0.3 is 10.1 Å². The predicted octanol–water partition coefficient (Wildman–Crippen LogP) is 4.41. The molecule has 0 aliphatic carbocycles. The molecule has 1 unspecified atom stereocenters. The fourth-order valence-electron chi connectivity index (χ4n) is 2.69. The second-order valence-electron chi connectivity index (χ2n) is 5.69. The lowest BCUT2D eigenvalue weighted by Crippen LogP contribution is -2.34. The topological polar surface area (TPSA) is 38.3 Å². The van der Waals surface area contributed by atoms with Crippen LogP contribution in [0, 0.1) is 5.82 Å². The lowest BCUT2D eigenvalue weighted by Gasteiger charge is -2.14. The minimum Gasteiger partial charge on any atom is -0.494 e. The molecule has 2 aromatic carbocycles. The summed E-state index contributed by atoms with van der Waals surface area (Å²) in [4.78, 5) is 12.3. The maximum absolute atomic E-state index is 13.7. The molecule has 124 valence electrons. The molecule has 0 aliphatic heterocycles. The van der Waals surface area contributed by atoms with Crippen LogP contribution in [0.4, 0.5) is 4.39 Å². The van der Waals surface area contributed by atoms with E-state index in [4.69, 9.17) is 4.74 Å². The summed E-state index contributed by atoms with van der Waals surface area (Å²) in [5.74, 6) is -0.699. The van der Waals surface area contributed by atoms with Crippen LogP contribution in [0.25, 0.3) is 10.1 Å². The van der Waals surface area contributed by atoms with E-state index >= 15 is 0 Å². The van der Waals surface area contributed by atoms with Gasteiger partial charge in [-0.05, 0) is 53.9 Å². The van der Waals surface area contributed by atoms with E-state index in [0.29, 0.717) is 0 Å². The van der Waals surface area contributed by atoms with Crippen LogP contribution in [0.5, 0.6) is 5.75 Å². The predicted molar refractivity (Wildman–Crippen MR) is 95.4 cm³/mol. The van der Waals surface area contributed by atoms with Crippen molar-refractivity contribution in [2.45, 2.75) is 19.4 Å². The lowest BCUT2D eigenvalue weighted by atomic mass is 10.1. The molecule has 0 bridgehead atoms. The van der Waals surface area contributed by atoms with E-state index in [1.54, 1.807) is 17.4 Å². The SMILES string of the molecule is COc1ccc(C(=O)NC(C)Cc2csc3ccccc23)cc1F. The molecular formula is C19H18FNO2S. The van der Waals surface area contributed by atoms with Crippen LogP contribution in [-0.2, 0) is 6.42 Å². The van der Waals surface area contributed by atoms with E-state index in [1.165, 1.54) is 34.9 Å². The number of nitrogens with one attached hydrogen (secondary N) is 1. The minimum atomic E-state index is -0.540. The number of methoxy groups -OCH3 is 1. The van der Waals surface area contributed by atoms with Crippen LogP contribution < -0.4 is 10.1 Å². The summed E-state index contributed by atoms with van der Waals surface area (Å²) in [7, 11) is 1.39. The Morgan fingerprint density at radius 3 is 2.83 bits per heavy atom. The highest BCUT2D eigenvalue weighted by Gasteiger charge is 2.14. The van der Waals surface area contributed by atoms with Crippen molar-refractivity contribution in [3.63, 3.8) is 0 Å². The number of thiophene rings is 1. The Bertz CT molecular complexity index is 875. The van der Waals surface area contributed by atoms with Gasteiger partial charge in [0.1, 0.15) is 0 Å². The summed E-state index contributed by atoms with van der Waals surface area (Å²) in [5.41, 5.74) is 1.50. The first kappa shape index (κ1) is 16.5. The maximum Gasteiger partial charge on any atom is 0.251 e. The monoisotopic (exact) mass is 343 g/mol. The molecule has 0 fully saturated rings. The summed E-state index contributed by atoms with van der Waals surface area (Å²) in [6, 6.07) is 12.4. The van der Waals surface area contributed by atoms with Gasteiger partial charge in [-0.1, -0.05) is 18.2 Å². The van der Waals surface area contributed by atoms with Crippen molar-refractivity contribution in [1.82, 2.24) is 5.32 Å². The second kappa shape index (κ2) is 7.01. The molecule has 0 radical (unpaired) electrons. The number of benzene rings is 2. The first-order chi connectivity index (χ1) is 11.6. The van der Waals surface area contributed by atoms with Crippen molar-refractivity contribution in [1.29, 1.82) is 0 Å². The van der Waals surface area contributed by atoms with Crippen molar-refractivity contribution in [2.75, 3.05) is 7.11 Å². The van der Waals surface area contributed by atoms with Crippen molar-refractivity contribution >= 4 is 27.3 Å². The van der Waals surface area contributed by atoms with Crippen LogP contribution in [-0.4, -0.2) is 19.1 Å². The summed E-state index contributed by atoms with van der Waals surface area (Å²) in [6.45, 7) is 1.95. The molecule has 3 aromatic rings. The third-order valence-corrected chi connectivity index (χ3v) is 4.89. The van der Waals surface area contributed by atoms with Gasteiger partial charge in [0, 0.05) is 16.3 Å². The molecule has 0 aliphatic rings. The number of carbonyl (C=O) groups excluding carboxylic acids is 1. The smallest absolute Gasteiger partial charge is 0.251 e. The first-order valence-corrected chi connectivity index (χ1v) is 8.56. The Balaban J connectivity index is 1.69. The summed E-state index contributed by atoms with van der Waals surface area (Å²) in [6.07, 6.45) is 0.731. The third-order valence-electron chi connectivity index (χ3n) is 3.88. The summed E-state index contributed by atoms with van der Waals surface area (Å²) < 4.78 is 19.8. The quantitative estimate of drug-likeness (QED) is 0.745. The number of carbonyl (C=O) groups is 1. The second-order valence-corrected chi connectivity index (χ2v) is 6.60. The summed E-state index contributed by atoms with van der Waals surface area (Å²) in [5, 5.41) is 6.27. The fourth-order valence-corrected chi connectivity index (χ4v) is 3.66. The maximum atomic E-state index is 13.7. The Labute approximate surface area is 144 Å². The average molecular weight is 343 g/mol. The Hall–Kier alpha value is -2.40. The lowest BCUT2D eigenvalue weighted by molar-refractivity contribution is 0.0939. The Kier molecular flexibility index (Phi) is 4.81. The van der Waals surface area contributed by atoms with Crippen LogP contribution in [0.2, 0.25) is 0 Å². The zero-order chi connectivity index (χ0) is 17.1. The first-order valence-electron chi connectivity index (χ1n) is 7.68. The van der Waals surface area contributed by atoms with Gasteiger partial charge >= 0.3 is 0 Å². The van der Waals surface area contributed by atoms with Gasteiger partial charge in [0.15, 0.2) is 11.6 Å². The highest BCUT2D eigenvalue weighted by Crippen LogP contribution is 2.26. The number of hydrogen-bond donors (Lipinski definition) is 1. The molecule has 24 heavy (non-hydrogen) atoms. The van der Waals surface area contributed by atoms with Gasteiger partial charge in [0.25, 0.3) is 5.91 Å². The molecular weight excluding hydrogens is 325 g/mol. The van der Waals surface area contributed by atoms with E-state index in [-0.39, 0.29) is 23.3 Å². The molecule has 0 spiro atoms. The zero-order valence-corrected chi connectivity index (χ0v) is 14.3. The summed E-state index contributed by atoms with van der Waals surface area (Å²) >= 11 is 1.70. The largest absolute Gasteiger partial charge is 0.494 e. The van der Waals surface area contributed by atoms with Gasteiger partial charge in [-0.2, -0.15) is 0 Å². The van der Waals surface area contributed by atoms with Crippen molar-refractivity contribution in [3.05, 3.63) is 64.8 Å². The minimum absolute atomic E-state index is 0.0549. The van der Waals surface area contributed by atoms with E-state index in [1.807, 2.05) is 19.1 Å². The molecule has 3 nitrogen and oxygen atoms in total. The van der Waals surface area contributed by atoms with Crippen LogP contribution in [0.15, 0.2) is 47.8 Å². The molecule has 0 saturated heterocycles. The van der Waals surface area contributed by atoms with Crippen molar-refractivity contribution < 1.29 is 13.9 Å². The van der Waals surface area contributed by atoms with E-state index in [9.17, 15) is 9.18 Å². The zero-order valence-electron chi connectivity index (χ0n) is 13.5. The van der Waals surface area contributed by atoms with E-state index < -0.39 is 5.82 Å². The number of hydrogen-bond acceptors (Lipinski definition) is 3. The van der Waals surface area contributed by atoms with E-state index in [2.05, 4.69) is 22.8 Å². The normalized spacial score (nSPS) is 12.1. The van der Waals surface area contributed by atoms with Gasteiger partial charge in [0.05, 0.1) is 7.11 Å². The number of fused-ring (bicyclic) bond motifs is 1. The van der Waals surface area contributed by atoms with Gasteiger partial charge in [-0.25, -0.2) is 4.39 Å². The van der Waals surface area contributed by atoms with Crippen molar-refractivity contribution in [2.24, 2.45) is 0 Å². The molecule has 1 amide bonds. The highest BCUT2D eigenvalue weighted by molar-refractivity contribution is 7.17. The standard InChI is InChI=1S/C19H18FNO2S/c1-12(9-14-11-24-18-6-4-3-5-15(14)18)21-19(22)13-7-8-17(23-2)16(20)10-13/h3-8,10-12H,9H2,1-2H3,(H,21,22). The molecule has 3 rings (SSSR count). The Morgan fingerprint density at radius 2 is 2.08 bits per heavy atom. The average Bonchev–Trinajstić information content (AvgIpc) is 2.97. The highest BCUT2D eigenvalue weighted by atomic mass is 32.1. The van der Waals surface area contributed by atoms with E-state index in [0.717, 1.165) is 6.42 Å². The van der Waals surface area contributed by atoms with Crippen LogP contribution in [0.1, 0.15) is 22.8 Å². The molecule has 1 heterocycles. The molecule has 1 aromatic heterocycles. The van der Waals surface area contributed by atoms with Crippen molar-refractivity contribution in [3.8, 4) is 5.75 Å². The molecule has 5 heteroatoms. The third kappa shape index (κ3) is 3.41. The Morgan fingerprint density at radius 1 is 1.29 bits per heavy atom. The molecule has 1 atom stereocenters. The van der Waals surface area contributed by atoms with Gasteiger partial charge in [-0.15, -0.1) is 11.3 Å². The van der Waals surface area contributed by atoms with Crippen LogP contribution in [0.3, 0.4) is 0 Å². The van der Waals surface area contributed by atoms with Crippen LogP contribution >= 0.6 is 11.3 Å². The van der Waals surface area contributed by atoms with Gasteiger partial charge in [-0.3, -0.25) is 4.79 Å². The number of ether oxygens (including phenoxy) is 1. The fraction of sp³-hybridized carbons (Fsp3) is 0.211.